The predicted octanol–water partition coefficient (Wildman–Crippen LogP) is 6.24. The van der Waals surface area contributed by atoms with Gasteiger partial charge in [0.25, 0.3) is 5.91 Å². The van der Waals surface area contributed by atoms with Crippen LogP contribution >= 0.6 is 11.3 Å². The van der Waals surface area contributed by atoms with E-state index in [1.807, 2.05) is 0 Å². The van der Waals surface area contributed by atoms with Gasteiger partial charge in [-0.1, -0.05) is 29.5 Å². The summed E-state index contributed by atoms with van der Waals surface area (Å²) in [6.45, 7) is 0. The SMILES string of the molecule is O=C(c1cccc(C(F)(F)F)c1)N(/N=C/c1coc2ccccc2c1=O)c1nc2ccc(F)cc2s1. The summed E-state index contributed by atoms with van der Waals surface area (Å²) in [5.74, 6) is -1.45. The summed E-state index contributed by atoms with van der Waals surface area (Å²) in [5.41, 5.74) is -1.03. The van der Waals surface area contributed by atoms with Gasteiger partial charge in [-0.2, -0.15) is 23.3 Å². The Bertz CT molecular complexity index is 1710. The summed E-state index contributed by atoms with van der Waals surface area (Å²) in [4.78, 5) is 30.4. The van der Waals surface area contributed by atoms with E-state index in [1.54, 1.807) is 24.3 Å². The van der Waals surface area contributed by atoms with Gasteiger partial charge in [0.15, 0.2) is 0 Å². The van der Waals surface area contributed by atoms with Gasteiger partial charge >= 0.3 is 6.18 Å². The number of carbonyl (C=O) groups is 1. The van der Waals surface area contributed by atoms with Crippen LogP contribution in [0, 0.1) is 5.82 Å². The quantitative estimate of drug-likeness (QED) is 0.163. The highest BCUT2D eigenvalue weighted by Crippen LogP contribution is 2.32. The standard InChI is InChI=1S/C25H13F4N3O3S/c26-17-8-9-19-21(11-17)36-24(31-19)32(23(34)14-4-3-5-16(10-14)25(27,28)29)30-12-15-13-35-20-7-2-1-6-18(20)22(15)33/h1-13H/b30-12+. The minimum atomic E-state index is -4.66. The fourth-order valence-electron chi connectivity index (χ4n) is 3.42. The highest BCUT2D eigenvalue weighted by molar-refractivity contribution is 7.22. The van der Waals surface area contributed by atoms with Crippen molar-refractivity contribution in [3.8, 4) is 0 Å². The molecule has 0 N–H and O–H groups in total. The molecule has 0 aliphatic heterocycles. The summed E-state index contributed by atoms with van der Waals surface area (Å²) in [7, 11) is 0. The van der Waals surface area contributed by atoms with Crippen molar-refractivity contribution in [3.63, 3.8) is 0 Å². The Morgan fingerprint density at radius 2 is 1.86 bits per heavy atom. The number of carbonyl (C=O) groups excluding carboxylic acids is 1. The van der Waals surface area contributed by atoms with Crippen molar-refractivity contribution in [1.82, 2.24) is 4.98 Å². The molecule has 0 saturated carbocycles. The number of para-hydroxylation sites is 1. The number of fused-ring (bicyclic) bond motifs is 2. The van der Waals surface area contributed by atoms with Crippen LogP contribution in [-0.2, 0) is 6.18 Å². The van der Waals surface area contributed by atoms with E-state index in [-0.39, 0.29) is 21.6 Å². The van der Waals surface area contributed by atoms with Crippen LogP contribution in [0.15, 0.2) is 87.3 Å². The normalized spacial score (nSPS) is 12.0. The number of benzene rings is 3. The number of rotatable bonds is 4. The molecule has 0 spiro atoms. The number of alkyl halides is 3. The molecule has 36 heavy (non-hydrogen) atoms. The van der Waals surface area contributed by atoms with Gasteiger partial charge in [-0.15, -0.1) is 0 Å². The minimum absolute atomic E-state index is 0.00250. The highest BCUT2D eigenvalue weighted by atomic mass is 32.1. The van der Waals surface area contributed by atoms with E-state index in [0.29, 0.717) is 21.9 Å². The lowest BCUT2D eigenvalue weighted by molar-refractivity contribution is -0.137. The average molecular weight is 511 g/mol. The maximum absolute atomic E-state index is 13.7. The van der Waals surface area contributed by atoms with Crippen molar-refractivity contribution < 1.29 is 26.8 Å². The van der Waals surface area contributed by atoms with Crippen LogP contribution in [0.3, 0.4) is 0 Å². The van der Waals surface area contributed by atoms with Crippen molar-refractivity contribution in [3.05, 3.63) is 106 Å². The Labute approximate surface area is 203 Å². The first-order chi connectivity index (χ1) is 17.2. The Morgan fingerprint density at radius 3 is 2.67 bits per heavy atom. The van der Waals surface area contributed by atoms with E-state index in [1.165, 1.54) is 24.3 Å². The molecule has 5 rings (SSSR count). The monoisotopic (exact) mass is 511 g/mol. The van der Waals surface area contributed by atoms with Crippen LogP contribution in [-0.4, -0.2) is 17.1 Å². The van der Waals surface area contributed by atoms with Crippen LogP contribution in [0.25, 0.3) is 21.2 Å². The first-order valence-corrected chi connectivity index (χ1v) is 11.1. The maximum atomic E-state index is 13.7. The van der Waals surface area contributed by atoms with Crippen molar-refractivity contribution in [2.75, 3.05) is 5.01 Å². The lowest BCUT2D eigenvalue weighted by atomic mass is 10.1. The van der Waals surface area contributed by atoms with Crippen molar-refractivity contribution in [1.29, 1.82) is 0 Å². The molecule has 3 aromatic carbocycles. The van der Waals surface area contributed by atoms with Gasteiger partial charge in [0.1, 0.15) is 17.7 Å². The summed E-state index contributed by atoms with van der Waals surface area (Å²) in [5, 5.41) is 5.12. The zero-order valence-corrected chi connectivity index (χ0v) is 18.8. The summed E-state index contributed by atoms with van der Waals surface area (Å²) in [6.07, 6.45) is -2.44. The zero-order chi connectivity index (χ0) is 25.4. The highest BCUT2D eigenvalue weighted by Gasteiger charge is 2.32. The fourth-order valence-corrected chi connectivity index (χ4v) is 4.37. The molecule has 0 saturated heterocycles. The summed E-state index contributed by atoms with van der Waals surface area (Å²) in [6, 6.07) is 14.2. The lowest BCUT2D eigenvalue weighted by Gasteiger charge is -2.15. The second kappa shape index (κ2) is 9.00. The van der Waals surface area contributed by atoms with Crippen LogP contribution < -0.4 is 10.4 Å². The number of hydrogen-bond donors (Lipinski definition) is 0. The number of nitrogens with zero attached hydrogens (tertiary/aromatic N) is 3. The molecule has 0 atom stereocenters. The topological polar surface area (TPSA) is 75.8 Å². The second-order valence-electron chi connectivity index (χ2n) is 7.56. The summed E-state index contributed by atoms with van der Waals surface area (Å²) >= 11 is 0.911. The number of anilines is 1. The van der Waals surface area contributed by atoms with Crippen LogP contribution in [0.4, 0.5) is 22.7 Å². The Balaban J connectivity index is 1.61. The number of hydrogen-bond acceptors (Lipinski definition) is 6. The molecule has 11 heteroatoms. The lowest BCUT2D eigenvalue weighted by Crippen LogP contribution is -2.26. The Kier molecular flexibility index (Phi) is 5.84. The fraction of sp³-hybridized carbons (Fsp3) is 0.0400. The van der Waals surface area contributed by atoms with Gasteiger partial charge in [0.05, 0.1) is 32.9 Å². The molecule has 0 fully saturated rings. The Morgan fingerprint density at radius 1 is 1.06 bits per heavy atom. The van der Waals surface area contributed by atoms with Gasteiger partial charge in [0, 0.05) is 5.56 Å². The van der Waals surface area contributed by atoms with E-state index >= 15 is 0 Å². The number of halogens is 4. The molecular weight excluding hydrogens is 498 g/mol. The molecule has 0 bridgehead atoms. The van der Waals surface area contributed by atoms with Gasteiger partial charge < -0.3 is 4.42 Å². The van der Waals surface area contributed by atoms with E-state index in [9.17, 15) is 27.2 Å². The van der Waals surface area contributed by atoms with Gasteiger partial charge in [-0.3, -0.25) is 9.59 Å². The third-order valence-electron chi connectivity index (χ3n) is 5.17. The Hall–Kier alpha value is -4.38. The molecule has 0 unspecified atom stereocenters. The molecule has 0 aliphatic carbocycles. The zero-order valence-electron chi connectivity index (χ0n) is 18.0. The van der Waals surface area contributed by atoms with Crippen molar-refractivity contribution >= 4 is 49.8 Å². The first kappa shape index (κ1) is 23.4. The second-order valence-corrected chi connectivity index (χ2v) is 8.57. The van der Waals surface area contributed by atoms with Crippen molar-refractivity contribution in [2.45, 2.75) is 6.18 Å². The molecule has 6 nitrogen and oxygen atoms in total. The van der Waals surface area contributed by atoms with Gasteiger partial charge in [-0.25, -0.2) is 9.37 Å². The van der Waals surface area contributed by atoms with E-state index in [0.717, 1.165) is 41.0 Å². The summed E-state index contributed by atoms with van der Waals surface area (Å²) < 4.78 is 59.2. The maximum Gasteiger partial charge on any atom is 0.416 e. The van der Waals surface area contributed by atoms with Crippen molar-refractivity contribution in [2.24, 2.45) is 5.10 Å². The molecule has 0 radical (unpaired) electrons. The number of amides is 1. The molecule has 2 aromatic heterocycles. The smallest absolute Gasteiger partial charge is 0.416 e. The third kappa shape index (κ3) is 4.48. The number of thiazole rings is 1. The molecule has 2 heterocycles. The number of aromatic nitrogens is 1. The van der Waals surface area contributed by atoms with E-state index in [4.69, 9.17) is 4.42 Å². The molecule has 0 aliphatic rings. The third-order valence-corrected chi connectivity index (χ3v) is 6.16. The molecule has 180 valence electrons. The van der Waals surface area contributed by atoms with Gasteiger partial charge in [0.2, 0.25) is 10.6 Å². The van der Waals surface area contributed by atoms with E-state index in [2.05, 4.69) is 10.1 Å². The predicted molar refractivity (Wildman–Crippen MR) is 128 cm³/mol. The average Bonchev–Trinajstić information content (AvgIpc) is 3.28. The van der Waals surface area contributed by atoms with Crippen LogP contribution in [0.5, 0.6) is 0 Å². The minimum Gasteiger partial charge on any atom is -0.463 e. The van der Waals surface area contributed by atoms with Crippen LogP contribution in [0.1, 0.15) is 21.5 Å². The first-order valence-electron chi connectivity index (χ1n) is 10.3. The number of hydrazone groups is 1. The van der Waals surface area contributed by atoms with E-state index < -0.39 is 28.9 Å². The van der Waals surface area contributed by atoms with Gasteiger partial charge in [-0.05, 0) is 48.5 Å². The van der Waals surface area contributed by atoms with Crippen LogP contribution in [0.2, 0.25) is 0 Å². The molecule has 1 amide bonds. The molecule has 5 aromatic rings. The largest absolute Gasteiger partial charge is 0.463 e. The molecular formula is C25H13F4N3O3S.